The Bertz CT molecular complexity index is 931. The van der Waals surface area contributed by atoms with E-state index < -0.39 is 5.41 Å². The van der Waals surface area contributed by atoms with E-state index in [-0.39, 0.29) is 30.5 Å². The minimum absolute atomic E-state index is 0.0425. The van der Waals surface area contributed by atoms with Crippen LogP contribution in [-0.2, 0) is 16.1 Å². The average molecular weight is 372 g/mol. The molecule has 0 radical (unpaired) electrons. The van der Waals surface area contributed by atoms with Gasteiger partial charge in [0, 0.05) is 26.2 Å². The number of aliphatic hydroxyl groups is 1. The number of hydrogen-bond acceptors (Lipinski definition) is 4. The van der Waals surface area contributed by atoms with Gasteiger partial charge in [0.25, 0.3) is 5.56 Å². The van der Waals surface area contributed by atoms with E-state index in [1.807, 2.05) is 6.07 Å². The Kier molecular flexibility index (Phi) is 4.51. The predicted molar refractivity (Wildman–Crippen MR) is 99.1 cm³/mol. The number of carbonyl (C=O) groups excluding carboxylic acids is 2. The topological polar surface area (TPSA) is 98.6 Å². The average Bonchev–Trinajstić information content (AvgIpc) is 3.23. The number of nitrogens with zero attached hydrogens (tertiary/aromatic N) is 3. The maximum Gasteiger partial charge on any atom is 0.274 e. The van der Waals surface area contributed by atoms with E-state index in [1.54, 1.807) is 28.0 Å². The van der Waals surface area contributed by atoms with Crippen LogP contribution < -0.4 is 5.56 Å². The lowest BCUT2D eigenvalue weighted by Gasteiger charge is -2.39. The summed E-state index contributed by atoms with van der Waals surface area (Å²) >= 11 is 0. The number of aromatic nitrogens is 2. The van der Waals surface area contributed by atoms with Crippen molar-refractivity contribution in [3.05, 3.63) is 34.6 Å². The Labute approximate surface area is 156 Å². The molecule has 1 spiro atoms. The molecule has 1 unspecified atom stereocenters. The smallest absolute Gasteiger partial charge is 0.274 e. The van der Waals surface area contributed by atoms with Gasteiger partial charge in [-0.1, -0.05) is 12.1 Å². The molecule has 0 saturated carbocycles. The number of fused-ring (bicyclic) bond motifs is 1. The number of amides is 2. The summed E-state index contributed by atoms with van der Waals surface area (Å²) in [6.07, 6.45) is 2.29. The largest absolute Gasteiger partial charge is 0.395 e. The fourth-order valence-electron chi connectivity index (χ4n) is 4.41. The van der Waals surface area contributed by atoms with E-state index in [0.29, 0.717) is 43.5 Å². The lowest BCUT2D eigenvalue weighted by atomic mass is 9.78. The molecule has 4 rings (SSSR count). The summed E-state index contributed by atoms with van der Waals surface area (Å²) in [7, 11) is 0. The SMILES string of the molecule is O=C(Cn1[nH]c2ccccc2c1=O)N1CCC2(CCCN(CCO)C2=O)C1. The highest BCUT2D eigenvalue weighted by molar-refractivity contribution is 5.86. The zero-order chi connectivity index (χ0) is 19.0. The third-order valence-corrected chi connectivity index (χ3v) is 5.85. The molecule has 27 heavy (non-hydrogen) atoms. The molecular formula is C19H24N4O4. The molecule has 8 heteroatoms. The highest BCUT2D eigenvalue weighted by atomic mass is 16.3. The Morgan fingerprint density at radius 3 is 2.78 bits per heavy atom. The van der Waals surface area contributed by atoms with E-state index >= 15 is 0 Å². The molecule has 8 nitrogen and oxygen atoms in total. The molecule has 2 aromatic rings. The number of rotatable bonds is 4. The Morgan fingerprint density at radius 2 is 2.00 bits per heavy atom. The molecule has 1 aromatic heterocycles. The molecule has 2 saturated heterocycles. The number of hydrogen-bond donors (Lipinski definition) is 2. The number of likely N-dealkylation sites (tertiary alicyclic amines) is 2. The van der Waals surface area contributed by atoms with Crippen molar-refractivity contribution in [1.29, 1.82) is 0 Å². The Hall–Kier alpha value is -2.61. The van der Waals surface area contributed by atoms with Gasteiger partial charge < -0.3 is 14.9 Å². The monoisotopic (exact) mass is 372 g/mol. The second-order valence-electron chi connectivity index (χ2n) is 7.51. The van der Waals surface area contributed by atoms with E-state index in [4.69, 9.17) is 5.11 Å². The van der Waals surface area contributed by atoms with Crippen LogP contribution >= 0.6 is 0 Å². The van der Waals surface area contributed by atoms with Crippen molar-refractivity contribution in [2.45, 2.75) is 25.8 Å². The highest BCUT2D eigenvalue weighted by Gasteiger charge is 2.49. The Balaban J connectivity index is 1.48. The van der Waals surface area contributed by atoms with Crippen LogP contribution in [0.3, 0.4) is 0 Å². The van der Waals surface area contributed by atoms with Crippen molar-refractivity contribution in [3.8, 4) is 0 Å². The number of aliphatic hydroxyl groups excluding tert-OH is 1. The molecule has 3 heterocycles. The molecule has 144 valence electrons. The molecule has 2 aliphatic heterocycles. The first-order chi connectivity index (χ1) is 13.0. The third kappa shape index (κ3) is 3.03. The van der Waals surface area contributed by atoms with Crippen molar-refractivity contribution in [3.63, 3.8) is 0 Å². The first-order valence-electron chi connectivity index (χ1n) is 9.40. The molecule has 0 bridgehead atoms. The van der Waals surface area contributed by atoms with Gasteiger partial charge in [0.05, 0.1) is 22.9 Å². The number of nitrogens with one attached hydrogen (secondary N) is 1. The minimum atomic E-state index is -0.533. The fourth-order valence-corrected chi connectivity index (χ4v) is 4.41. The number of carbonyl (C=O) groups is 2. The number of piperidine rings is 1. The van der Waals surface area contributed by atoms with E-state index in [9.17, 15) is 14.4 Å². The molecule has 1 atom stereocenters. The van der Waals surface area contributed by atoms with Crippen molar-refractivity contribution in [2.24, 2.45) is 5.41 Å². The van der Waals surface area contributed by atoms with Gasteiger partial charge >= 0.3 is 0 Å². The molecule has 2 N–H and O–H groups in total. The standard InChI is InChI=1S/C19H24N4O4/c24-11-10-21-8-3-6-19(18(21)27)7-9-22(13-19)16(25)12-23-17(26)14-4-1-2-5-15(14)20-23/h1-2,4-5,20,24H,3,6-13H2. The predicted octanol–water partition coefficient (Wildman–Crippen LogP) is 0.163. The molecular weight excluding hydrogens is 348 g/mol. The van der Waals surface area contributed by atoms with Gasteiger partial charge in [0.15, 0.2) is 0 Å². The molecule has 1 aromatic carbocycles. The summed E-state index contributed by atoms with van der Waals surface area (Å²) < 4.78 is 1.33. The van der Waals surface area contributed by atoms with Gasteiger partial charge in [-0.25, -0.2) is 4.68 Å². The van der Waals surface area contributed by atoms with Crippen LogP contribution in [0.15, 0.2) is 29.1 Å². The van der Waals surface area contributed by atoms with Crippen LogP contribution in [0.4, 0.5) is 0 Å². The normalized spacial score (nSPS) is 22.9. The van der Waals surface area contributed by atoms with E-state index in [0.717, 1.165) is 12.8 Å². The van der Waals surface area contributed by atoms with Crippen molar-refractivity contribution < 1.29 is 14.7 Å². The molecule has 0 aliphatic carbocycles. The van der Waals surface area contributed by atoms with Crippen LogP contribution in [0.1, 0.15) is 19.3 Å². The molecule has 2 aliphatic rings. The zero-order valence-electron chi connectivity index (χ0n) is 15.2. The van der Waals surface area contributed by atoms with Crippen LogP contribution in [-0.4, -0.2) is 69.3 Å². The van der Waals surface area contributed by atoms with Crippen molar-refractivity contribution in [2.75, 3.05) is 32.8 Å². The van der Waals surface area contributed by atoms with Gasteiger partial charge in [0.1, 0.15) is 6.54 Å². The second kappa shape index (κ2) is 6.84. The lowest BCUT2D eigenvalue weighted by Crippen LogP contribution is -2.51. The van der Waals surface area contributed by atoms with Gasteiger partial charge in [-0.05, 0) is 31.4 Å². The summed E-state index contributed by atoms with van der Waals surface area (Å²) in [5, 5.41) is 12.7. The summed E-state index contributed by atoms with van der Waals surface area (Å²) in [4.78, 5) is 41.4. The first kappa shape index (κ1) is 17.8. The summed E-state index contributed by atoms with van der Waals surface area (Å²) in [5.74, 6) is -0.117. The fraction of sp³-hybridized carbons (Fsp3) is 0.526. The van der Waals surface area contributed by atoms with Gasteiger partial charge in [-0.15, -0.1) is 0 Å². The van der Waals surface area contributed by atoms with Crippen molar-refractivity contribution >= 4 is 22.7 Å². The number of aromatic amines is 1. The lowest BCUT2D eigenvalue weighted by molar-refractivity contribution is -0.146. The molecule has 2 amide bonds. The van der Waals surface area contributed by atoms with Crippen LogP contribution in [0.2, 0.25) is 0 Å². The van der Waals surface area contributed by atoms with Gasteiger partial charge in [0.2, 0.25) is 11.8 Å². The summed E-state index contributed by atoms with van der Waals surface area (Å²) in [5.41, 5.74) is -0.0416. The quantitative estimate of drug-likeness (QED) is 0.799. The van der Waals surface area contributed by atoms with Crippen LogP contribution in [0.25, 0.3) is 10.9 Å². The van der Waals surface area contributed by atoms with Gasteiger partial charge in [-0.3, -0.25) is 19.5 Å². The maximum absolute atomic E-state index is 12.9. The molecule has 2 fully saturated rings. The van der Waals surface area contributed by atoms with Gasteiger partial charge in [-0.2, -0.15) is 0 Å². The summed E-state index contributed by atoms with van der Waals surface area (Å²) in [6.45, 7) is 1.82. The number of β-amino-alcohol motifs (C(OH)–C–C–N with tert-alkyl or cyclic N) is 1. The second-order valence-corrected chi connectivity index (χ2v) is 7.51. The third-order valence-electron chi connectivity index (χ3n) is 5.85. The maximum atomic E-state index is 12.9. The minimum Gasteiger partial charge on any atom is -0.395 e. The van der Waals surface area contributed by atoms with Crippen molar-refractivity contribution in [1.82, 2.24) is 19.6 Å². The number of para-hydroxylation sites is 1. The first-order valence-corrected chi connectivity index (χ1v) is 9.40. The summed E-state index contributed by atoms with van der Waals surface area (Å²) in [6, 6.07) is 7.16. The van der Waals surface area contributed by atoms with E-state index in [2.05, 4.69) is 5.10 Å². The number of benzene rings is 1. The number of H-pyrrole nitrogens is 1. The Morgan fingerprint density at radius 1 is 1.19 bits per heavy atom. The highest BCUT2D eigenvalue weighted by Crippen LogP contribution is 2.40. The zero-order valence-corrected chi connectivity index (χ0v) is 15.2. The van der Waals surface area contributed by atoms with Crippen LogP contribution in [0.5, 0.6) is 0 Å². The van der Waals surface area contributed by atoms with E-state index in [1.165, 1.54) is 4.68 Å². The van der Waals surface area contributed by atoms with Crippen LogP contribution in [0, 0.1) is 5.41 Å².